The Morgan fingerprint density at radius 2 is 1.94 bits per heavy atom. The minimum Gasteiger partial charge on any atom is -0.384 e. The molecule has 0 atom stereocenters. The molecule has 0 radical (unpaired) electrons. The molecule has 0 saturated heterocycles. The summed E-state index contributed by atoms with van der Waals surface area (Å²) >= 11 is 0. The van der Waals surface area contributed by atoms with Crippen LogP contribution in [-0.4, -0.2) is 23.1 Å². The first-order valence-electron chi connectivity index (χ1n) is 5.76. The van der Waals surface area contributed by atoms with Gasteiger partial charge in [0.2, 0.25) is 0 Å². The zero-order valence-electron chi connectivity index (χ0n) is 10.5. The maximum Gasteiger partial charge on any atom is 0.138 e. The maximum absolute atomic E-state index is 5.84. The first-order valence-corrected chi connectivity index (χ1v) is 5.76. The molecular weight excluding hydrogens is 200 g/mol. The minimum atomic E-state index is -0.0610. The van der Waals surface area contributed by atoms with Crippen molar-refractivity contribution in [1.82, 2.24) is 9.97 Å². The summed E-state index contributed by atoms with van der Waals surface area (Å²) in [4.78, 5) is 11.1. The van der Waals surface area contributed by atoms with E-state index >= 15 is 0 Å². The van der Waals surface area contributed by atoms with E-state index in [4.69, 9.17) is 5.73 Å². The molecule has 1 fully saturated rings. The molecule has 0 unspecified atom stereocenters. The van der Waals surface area contributed by atoms with Gasteiger partial charge < -0.3 is 10.6 Å². The van der Waals surface area contributed by atoms with Crippen LogP contribution >= 0.6 is 0 Å². The molecule has 16 heavy (non-hydrogen) atoms. The smallest absolute Gasteiger partial charge is 0.138 e. The number of rotatable bonds is 2. The van der Waals surface area contributed by atoms with Crippen LogP contribution in [0.4, 0.5) is 11.6 Å². The van der Waals surface area contributed by atoms with Crippen LogP contribution in [0.3, 0.4) is 0 Å². The number of nitrogens with zero attached hydrogens (tertiary/aromatic N) is 3. The lowest BCUT2D eigenvalue weighted by atomic mass is 9.96. The molecule has 1 aromatic heterocycles. The van der Waals surface area contributed by atoms with E-state index in [1.165, 1.54) is 12.8 Å². The summed E-state index contributed by atoms with van der Waals surface area (Å²) in [6.45, 7) is 6.30. The van der Waals surface area contributed by atoms with Crippen LogP contribution in [0.5, 0.6) is 0 Å². The van der Waals surface area contributed by atoms with Gasteiger partial charge in [-0.25, -0.2) is 9.97 Å². The summed E-state index contributed by atoms with van der Waals surface area (Å²) in [5.41, 5.74) is 5.78. The van der Waals surface area contributed by atoms with Crippen LogP contribution in [0.25, 0.3) is 0 Å². The fourth-order valence-electron chi connectivity index (χ4n) is 1.62. The second kappa shape index (κ2) is 3.61. The van der Waals surface area contributed by atoms with Crippen molar-refractivity contribution >= 4 is 11.6 Å². The van der Waals surface area contributed by atoms with Gasteiger partial charge in [0.15, 0.2) is 0 Å². The monoisotopic (exact) mass is 220 g/mol. The quantitative estimate of drug-likeness (QED) is 0.827. The molecule has 0 aromatic carbocycles. The average molecular weight is 220 g/mol. The van der Waals surface area contributed by atoms with E-state index in [0.29, 0.717) is 11.9 Å². The summed E-state index contributed by atoms with van der Waals surface area (Å²) in [5.74, 6) is 2.32. The zero-order valence-corrected chi connectivity index (χ0v) is 10.5. The predicted molar refractivity (Wildman–Crippen MR) is 66.6 cm³/mol. The van der Waals surface area contributed by atoms with E-state index in [1.54, 1.807) is 0 Å². The highest BCUT2D eigenvalue weighted by molar-refractivity contribution is 5.48. The lowest BCUT2D eigenvalue weighted by molar-refractivity contribution is 0.545. The molecule has 4 nitrogen and oxygen atoms in total. The van der Waals surface area contributed by atoms with Crippen LogP contribution in [0.2, 0.25) is 0 Å². The van der Waals surface area contributed by atoms with Gasteiger partial charge in [0, 0.05) is 24.6 Å². The number of nitrogen functional groups attached to an aromatic ring is 1. The Balaban J connectivity index is 2.35. The largest absolute Gasteiger partial charge is 0.384 e. The highest BCUT2D eigenvalue weighted by Crippen LogP contribution is 2.30. The van der Waals surface area contributed by atoms with E-state index < -0.39 is 0 Å². The molecule has 2 N–H and O–H groups in total. The highest BCUT2D eigenvalue weighted by Gasteiger charge is 2.28. The standard InChI is InChI=1S/C12H20N4/c1-12(2,3)11-14-9(13)7-10(15-11)16(4)8-5-6-8/h7-8H,5-6H2,1-4H3,(H2,13,14,15). The van der Waals surface area contributed by atoms with Gasteiger partial charge >= 0.3 is 0 Å². The van der Waals surface area contributed by atoms with E-state index in [-0.39, 0.29) is 5.41 Å². The van der Waals surface area contributed by atoms with Crippen molar-refractivity contribution in [3.8, 4) is 0 Å². The summed E-state index contributed by atoms with van der Waals surface area (Å²) in [6.07, 6.45) is 2.51. The summed E-state index contributed by atoms with van der Waals surface area (Å²) in [6, 6.07) is 2.50. The SMILES string of the molecule is CN(c1cc(N)nc(C(C)(C)C)n1)C1CC1. The van der Waals surface area contributed by atoms with Crippen LogP contribution in [0.1, 0.15) is 39.4 Å². The first kappa shape index (κ1) is 11.2. The van der Waals surface area contributed by atoms with E-state index in [1.807, 2.05) is 6.07 Å². The van der Waals surface area contributed by atoms with E-state index in [9.17, 15) is 0 Å². The predicted octanol–water partition coefficient (Wildman–Crippen LogP) is 1.95. The topological polar surface area (TPSA) is 55.0 Å². The van der Waals surface area contributed by atoms with Crippen LogP contribution < -0.4 is 10.6 Å². The molecule has 2 rings (SSSR count). The fraction of sp³-hybridized carbons (Fsp3) is 0.667. The van der Waals surface area contributed by atoms with Crippen LogP contribution in [-0.2, 0) is 5.41 Å². The molecule has 1 aliphatic rings. The Hall–Kier alpha value is -1.32. The van der Waals surface area contributed by atoms with Crippen molar-refractivity contribution < 1.29 is 0 Å². The zero-order chi connectivity index (χ0) is 11.9. The Morgan fingerprint density at radius 3 is 2.44 bits per heavy atom. The van der Waals surface area contributed by atoms with Gasteiger partial charge in [-0.1, -0.05) is 20.8 Å². The lowest BCUT2D eigenvalue weighted by Gasteiger charge is -2.22. The van der Waals surface area contributed by atoms with Crippen LogP contribution in [0, 0.1) is 0 Å². The first-order chi connectivity index (χ1) is 7.38. The number of anilines is 2. The molecule has 1 heterocycles. The van der Waals surface area contributed by atoms with Gasteiger partial charge in [0.25, 0.3) is 0 Å². The molecule has 0 bridgehead atoms. The normalized spacial score (nSPS) is 16.2. The summed E-state index contributed by atoms with van der Waals surface area (Å²) in [7, 11) is 2.08. The second-order valence-electron chi connectivity index (χ2n) is 5.57. The van der Waals surface area contributed by atoms with Gasteiger partial charge in [-0.05, 0) is 12.8 Å². The minimum absolute atomic E-state index is 0.0610. The molecule has 0 spiro atoms. The number of hydrogen-bond acceptors (Lipinski definition) is 4. The second-order valence-corrected chi connectivity index (χ2v) is 5.57. The lowest BCUT2D eigenvalue weighted by Crippen LogP contribution is -2.24. The Bertz CT molecular complexity index is 390. The van der Waals surface area contributed by atoms with Gasteiger partial charge in [-0.2, -0.15) is 0 Å². The van der Waals surface area contributed by atoms with Crippen LogP contribution in [0.15, 0.2) is 6.07 Å². The Morgan fingerprint density at radius 1 is 1.31 bits per heavy atom. The molecule has 0 aliphatic heterocycles. The third-order valence-electron chi connectivity index (χ3n) is 2.86. The van der Waals surface area contributed by atoms with Crippen molar-refractivity contribution in [3.63, 3.8) is 0 Å². The van der Waals surface area contributed by atoms with Crippen molar-refractivity contribution in [2.75, 3.05) is 17.7 Å². The average Bonchev–Trinajstić information content (AvgIpc) is 2.97. The number of aromatic nitrogens is 2. The molecule has 0 amide bonds. The van der Waals surface area contributed by atoms with Crippen molar-refractivity contribution in [3.05, 3.63) is 11.9 Å². The van der Waals surface area contributed by atoms with E-state index in [2.05, 4.69) is 42.7 Å². The van der Waals surface area contributed by atoms with Crippen molar-refractivity contribution in [2.24, 2.45) is 0 Å². The molecule has 88 valence electrons. The van der Waals surface area contributed by atoms with Gasteiger partial charge in [-0.15, -0.1) is 0 Å². The molecule has 1 aliphatic carbocycles. The molecule has 1 saturated carbocycles. The maximum atomic E-state index is 5.84. The Kier molecular flexibility index (Phi) is 2.52. The van der Waals surface area contributed by atoms with Gasteiger partial charge in [0.1, 0.15) is 17.5 Å². The Labute approximate surface area is 96.9 Å². The molecule has 1 aromatic rings. The highest BCUT2D eigenvalue weighted by atomic mass is 15.2. The third-order valence-corrected chi connectivity index (χ3v) is 2.86. The molecule has 4 heteroatoms. The third kappa shape index (κ3) is 2.26. The van der Waals surface area contributed by atoms with Crippen molar-refractivity contribution in [1.29, 1.82) is 0 Å². The summed E-state index contributed by atoms with van der Waals surface area (Å²) in [5, 5.41) is 0. The molecular formula is C12H20N4. The fourth-order valence-corrected chi connectivity index (χ4v) is 1.62. The van der Waals surface area contributed by atoms with Crippen molar-refractivity contribution in [2.45, 2.75) is 45.1 Å². The van der Waals surface area contributed by atoms with Gasteiger partial charge in [-0.3, -0.25) is 0 Å². The van der Waals surface area contributed by atoms with E-state index in [0.717, 1.165) is 11.6 Å². The summed E-state index contributed by atoms with van der Waals surface area (Å²) < 4.78 is 0. The number of nitrogens with two attached hydrogens (primary N) is 1. The van der Waals surface area contributed by atoms with Gasteiger partial charge in [0.05, 0.1) is 0 Å². The number of hydrogen-bond donors (Lipinski definition) is 1.